The summed E-state index contributed by atoms with van der Waals surface area (Å²) >= 11 is 0. The Labute approximate surface area is 124 Å². The molecular weight excluding hydrogens is 294 g/mol. The first-order chi connectivity index (χ1) is 10.5. The highest BCUT2D eigenvalue weighted by atomic mass is 19.1. The van der Waals surface area contributed by atoms with Crippen LogP contribution in [0.5, 0.6) is 0 Å². The molecule has 1 aromatic heterocycles. The lowest BCUT2D eigenvalue weighted by molar-refractivity contribution is -0.385. The van der Waals surface area contributed by atoms with Crippen LogP contribution < -0.4 is 5.32 Å². The molecule has 0 aliphatic heterocycles. The van der Waals surface area contributed by atoms with Crippen molar-refractivity contribution in [3.63, 3.8) is 0 Å². The number of nitrogens with one attached hydrogen (secondary N) is 1. The van der Waals surface area contributed by atoms with Gasteiger partial charge < -0.3 is 5.32 Å². The summed E-state index contributed by atoms with van der Waals surface area (Å²) in [5.41, 5.74) is -0.209. The van der Waals surface area contributed by atoms with Gasteiger partial charge in [0.25, 0.3) is 0 Å². The van der Waals surface area contributed by atoms with Gasteiger partial charge in [-0.05, 0) is 30.2 Å². The van der Waals surface area contributed by atoms with Crippen molar-refractivity contribution in [1.82, 2.24) is 4.98 Å². The van der Waals surface area contributed by atoms with Crippen LogP contribution >= 0.6 is 0 Å². The topological polar surface area (TPSA) is 91.8 Å². The summed E-state index contributed by atoms with van der Waals surface area (Å²) in [6, 6.07) is 7.41. The first-order valence-corrected chi connectivity index (χ1v) is 6.24. The zero-order valence-electron chi connectivity index (χ0n) is 11.2. The minimum atomic E-state index is -0.690. The SMILES string of the molecule is N#Cc1nc(NCCc2cc(F)cc(F)c2)ccc1[N+](=O)[O-]. The van der Waals surface area contributed by atoms with Crippen molar-refractivity contribution in [2.75, 3.05) is 11.9 Å². The third-order valence-corrected chi connectivity index (χ3v) is 2.82. The van der Waals surface area contributed by atoms with Crippen LogP contribution in [0.25, 0.3) is 0 Å². The van der Waals surface area contributed by atoms with E-state index in [1.807, 2.05) is 0 Å². The highest BCUT2D eigenvalue weighted by molar-refractivity contribution is 5.50. The lowest BCUT2D eigenvalue weighted by Crippen LogP contribution is -2.08. The number of pyridine rings is 1. The Morgan fingerprint density at radius 1 is 1.27 bits per heavy atom. The highest BCUT2D eigenvalue weighted by Gasteiger charge is 2.15. The molecule has 0 unspecified atom stereocenters. The van der Waals surface area contributed by atoms with Gasteiger partial charge in [0.15, 0.2) is 0 Å². The van der Waals surface area contributed by atoms with E-state index in [-0.39, 0.29) is 17.2 Å². The highest BCUT2D eigenvalue weighted by Crippen LogP contribution is 2.18. The van der Waals surface area contributed by atoms with Gasteiger partial charge in [-0.15, -0.1) is 0 Å². The van der Waals surface area contributed by atoms with Crippen molar-refractivity contribution in [1.29, 1.82) is 5.26 Å². The minimum absolute atomic E-state index is 0.277. The fraction of sp³-hybridized carbons (Fsp3) is 0.143. The molecule has 8 heteroatoms. The molecule has 2 rings (SSSR count). The molecule has 0 radical (unpaired) electrons. The standard InChI is InChI=1S/C14H10F2N4O2/c15-10-5-9(6-11(16)7-10)3-4-18-14-2-1-13(20(21)22)12(8-17)19-14/h1-2,5-7H,3-4H2,(H,18,19). The van der Waals surface area contributed by atoms with Crippen molar-refractivity contribution in [3.05, 3.63) is 63.3 Å². The Morgan fingerprint density at radius 2 is 1.95 bits per heavy atom. The van der Waals surface area contributed by atoms with Crippen LogP contribution in [-0.2, 0) is 6.42 Å². The maximum Gasteiger partial charge on any atom is 0.305 e. The second kappa shape index (κ2) is 6.58. The van der Waals surface area contributed by atoms with Gasteiger partial charge >= 0.3 is 5.69 Å². The van der Waals surface area contributed by atoms with E-state index in [1.54, 1.807) is 6.07 Å². The molecule has 22 heavy (non-hydrogen) atoms. The maximum absolute atomic E-state index is 13.0. The summed E-state index contributed by atoms with van der Waals surface area (Å²) in [5, 5.41) is 22.3. The average Bonchev–Trinajstić information content (AvgIpc) is 2.45. The van der Waals surface area contributed by atoms with Gasteiger partial charge in [-0.2, -0.15) is 5.26 Å². The molecule has 1 heterocycles. The fourth-order valence-corrected chi connectivity index (χ4v) is 1.87. The van der Waals surface area contributed by atoms with Crippen molar-refractivity contribution in [2.24, 2.45) is 0 Å². The van der Waals surface area contributed by atoms with Crippen LogP contribution in [-0.4, -0.2) is 16.5 Å². The van der Waals surface area contributed by atoms with Crippen LogP contribution in [0.15, 0.2) is 30.3 Å². The molecule has 1 N–H and O–H groups in total. The summed E-state index contributed by atoms with van der Waals surface area (Å²) in [6.07, 6.45) is 0.329. The van der Waals surface area contributed by atoms with E-state index in [0.717, 1.165) is 6.07 Å². The van der Waals surface area contributed by atoms with Crippen LogP contribution in [0.2, 0.25) is 0 Å². The van der Waals surface area contributed by atoms with Crippen LogP contribution in [0, 0.1) is 33.1 Å². The molecule has 2 aromatic rings. The number of hydrogen-bond acceptors (Lipinski definition) is 5. The number of halogens is 2. The van der Waals surface area contributed by atoms with Gasteiger partial charge in [-0.25, -0.2) is 13.8 Å². The van der Waals surface area contributed by atoms with E-state index < -0.39 is 16.6 Å². The number of rotatable bonds is 5. The van der Waals surface area contributed by atoms with Crippen molar-refractivity contribution in [3.8, 4) is 6.07 Å². The third kappa shape index (κ3) is 3.73. The Kier molecular flexibility index (Phi) is 4.58. The molecular formula is C14H10F2N4O2. The molecule has 0 amide bonds. The first-order valence-electron chi connectivity index (χ1n) is 6.24. The monoisotopic (exact) mass is 304 g/mol. The van der Waals surface area contributed by atoms with E-state index in [0.29, 0.717) is 18.5 Å². The van der Waals surface area contributed by atoms with Crippen molar-refractivity contribution >= 4 is 11.5 Å². The average molecular weight is 304 g/mol. The number of nitro groups is 1. The Morgan fingerprint density at radius 3 is 2.55 bits per heavy atom. The molecule has 0 aliphatic rings. The maximum atomic E-state index is 13.0. The lowest BCUT2D eigenvalue weighted by atomic mass is 10.1. The van der Waals surface area contributed by atoms with Crippen LogP contribution in [0.4, 0.5) is 20.3 Å². The molecule has 0 atom stereocenters. The van der Waals surface area contributed by atoms with Gasteiger partial charge in [-0.3, -0.25) is 10.1 Å². The molecule has 0 saturated carbocycles. The molecule has 0 bridgehead atoms. The second-order valence-corrected chi connectivity index (χ2v) is 4.39. The Balaban J connectivity index is 2.03. The molecule has 0 spiro atoms. The van der Waals surface area contributed by atoms with Gasteiger partial charge in [0.05, 0.1) is 4.92 Å². The predicted octanol–water partition coefficient (Wildman–Crippen LogP) is 2.79. The molecule has 1 aromatic carbocycles. The lowest BCUT2D eigenvalue weighted by Gasteiger charge is -2.06. The van der Waals surface area contributed by atoms with Gasteiger partial charge in [-0.1, -0.05) is 0 Å². The smallest absolute Gasteiger partial charge is 0.305 e. The van der Waals surface area contributed by atoms with E-state index in [9.17, 15) is 18.9 Å². The zero-order chi connectivity index (χ0) is 16.1. The molecule has 0 fully saturated rings. The molecule has 0 saturated heterocycles. The van der Waals surface area contributed by atoms with Crippen molar-refractivity contribution < 1.29 is 13.7 Å². The van der Waals surface area contributed by atoms with Gasteiger partial charge in [0.2, 0.25) is 5.69 Å². The van der Waals surface area contributed by atoms with E-state index in [1.165, 1.54) is 24.3 Å². The number of anilines is 1. The fourth-order valence-electron chi connectivity index (χ4n) is 1.87. The van der Waals surface area contributed by atoms with E-state index in [2.05, 4.69) is 10.3 Å². The molecule has 112 valence electrons. The van der Waals surface area contributed by atoms with E-state index in [4.69, 9.17) is 5.26 Å². The van der Waals surface area contributed by atoms with Gasteiger partial charge in [0, 0.05) is 18.7 Å². The number of nitrogens with zero attached hydrogens (tertiary/aromatic N) is 3. The molecule has 6 nitrogen and oxygen atoms in total. The van der Waals surface area contributed by atoms with Crippen molar-refractivity contribution in [2.45, 2.75) is 6.42 Å². The number of hydrogen-bond donors (Lipinski definition) is 1. The Bertz CT molecular complexity index is 739. The van der Waals surface area contributed by atoms with Crippen LogP contribution in [0.3, 0.4) is 0 Å². The number of nitriles is 1. The minimum Gasteiger partial charge on any atom is -0.370 e. The predicted molar refractivity (Wildman–Crippen MR) is 74.2 cm³/mol. The number of aromatic nitrogens is 1. The second-order valence-electron chi connectivity index (χ2n) is 4.39. The summed E-state index contributed by atoms with van der Waals surface area (Å²) < 4.78 is 26.0. The summed E-state index contributed by atoms with van der Waals surface area (Å²) in [7, 11) is 0. The largest absolute Gasteiger partial charge is 0.370 e. The van der Waals surface area contributed by atoms with E-state index >= 15 is 0 Å². The Hall–Kier alpha value is -3.08. The molecule has 0 aliphatic carbocycles. The number of benzene rings is 1. The van der Waals surface area contributed by atoms with Crippen LogP contribution in [0.1, 0.15) is 11.3 Å². The summed E-state index contributed by atoms with van der Waals surface area (Å²) in [6.45, 7) is 0.304. The van der Waals surface area contributed by atoms with Gasteiger partial charge in [0.1, 0.15) is 23.5 Å². The summed E-state index contributed by atoms with van der Waals surface area (Å²) in [5.74, 6) is -1.04. The quantitative estimate of drug-likeness (QED) is 0.677. The normalized spacial score (nSPS) is 10.0. The summed E-state index contributed by atoms with van der Waals surface area (Å²) in [4.78, 5) is 13.8. The first kappa shape index (κ1) is 15.3. The third-order valence-electron chi connectivity index (χ3n) is 2.82. The zero-order valence-corrected chi connectivity index (χ0v) is 11.2.